The average molecular weight is 439 g/mol. The third kappa shape index (κ3) is 4.73. The number of rotatable bonds is 4. The summed E-state index contributed by atoms with van der Waals surface area (Å²) in [6.07, 6.45) is 1.82. The predicted molar refractivity (Wildman–Crippen MR) is 123 cm³/mol. The Hall–Kier alpha value is -2.53. The molecule has 0 N–H and O–H groups in total. The van der Waals surface area contributed by atoms with Crippen molar-refractivity contribution in [1.29, 1.82) is 0 Å². The van der Waals surface area contributed by atoms with Gasteiger partial charge in [-0.25, -0.2) is 4.99 Å². The minimum absolute atomic E-state index is 0.0837. The van der Waals surface area contributed by atoms with Gasteiger partial charge in [-0.3, -0.25) is 9.69 Å². The largest absolute Gasteiger partial charge is 0.282 e. The molecule has 0 aliphatic carbocycles. The summed E-state index contributed by atoms with van der Waals surface area (Å²) in [5.74, 6) is -0.0837. The number of amidine groups is 1. The van der Waals surface area contributed by atoms with Gasteiger partial charge in [0.2, 0.25) is 0 Å². The molecule has 29 heavy (non-hydrogen) atoms. The number of benzene rings is 3. The third-order valence-corrected chi connectivity index (χ3v) is 6.04. The molecule has 0 bridgehead atoms. The predicted octanol–water partition coefficient (Wildman–Crippen LogP) is 6.80. The molecule has 6 heteroatoms. The van der Waals surface area contributed by atoms with Crippen LogP contribution in [0.2, 0.25) is 10.0 Å². The smallest absolute Gasteiger partial charge is 0.267 e. The van der Waals surface area contributed by atoms with Gasteiger partial charge in [0.25, 0.3) is 5.91 Å². The van der Waals surface area contributed by atoms with Crippen molar-refractivity contribution in [1.82, 2.24) is 4.90 Å². The number of carbonyl (C=O) groups excluding carboxylic acids is 1. The summed E-state index contributed by atoms with van der Waals surface area (Å²) < 4.78 is 0. The highest BCUT2D eigenvalue weighted by Crippen LogP contribution is 2.35. The maximum Gasteiger partial charge on any atom is 0.267 e. The monoisotopic (exact) mass is 438 g/mol. The quantitative estimate of drug-likeness (QED) is 0.419. The Balaban J connectivity index is 1.70. The molecule has 3 nitrogen and oxygen atoms in total. The van der Waals surface area contributed by atoms with Crippen LogP contribution in [0.5, 0.6) is 0 Å². The first kappa shape index (κ1) is 19.8. The molecule has 3 aromatic rings. The fraction of sp³-hybridized carbons (Fsp3) is 0.0435. The van der Waals surface area contributed by atoms with Crippen molar-refractivity contribution >= 4 is 57.8 Å². The summed E-state index contributed by atoms with van der Waals surface area (Å²) >= 11 is 13.5. The zero-order chi connectivity index (χ0) is 20.2. The van der Waals surface area contributed by atoms with E-state index in [1.165, 1.54) is 11.8 Å². The molecular weight excluding hydrogens is 423 g/mol. The van der Waals surface area contributed by atoms with Crippen molar-refractivity contribution in [3.63, 3.8) is 0 Å². The van der Waals surface area contributed by atoms with E-state index in [2.05, 4.69) is 0 Å². The normalized spacial score (nSPS) is 16.8. The molecule has 144 valence electrons. The molecule has 0 atom stereocenters. The van der Waals surface area contributed by atoms with E-state index in [1.807, 2.05) is 72.8 Å². The number of aliphatic imine (C=N–C) groups is 1. The first-order chi connectivity index (χ1) is 14.1. The van der Waals surface area contributed by atoms with Crippen LogP contribution in [0, 0.1) is 0 Å². The lowest BCUT2D eigenvalue weighted by molar-refractivity contribution is -0.122. The molecule has 4 rings (SSSR count). The highest BCUT2D eigenvalue weighted by atomic mass is 35.5. The molecule has 0 spiro atoms. The first-order valence-electron chi connectivity index (χ1n) is 8.94. The topological polar surface area (TPSA) is 32.7 Å². The number of hydrogen-bond donors (Lipinski definition) is 0. The van der Waals surface area contributed by atoms with Gasteiger partial charge in [0.15, 0.2) is 5.17 Å². The van der Waals surface area contributed by atoms with Gasteiger partial charge in [0.05, 0.1) is 27.2 Å². The number of amides is 1. The second-order valence-electron chi connectivity index (χ2n) is 6.39. The Morgan fingerprint density at radius 3 is 2.28 bits per heavy atom. The van der Waals surface area contributed by atoms with Gasteiger partial charge < -0.3 is 0 Å². The van der Waals surface area contributed by atoms with Gasteiger partial charge in [-0.2, -0.15) is 0 Å². The van der Waals surface area contributed by atoms with Gasteiger partial charge in [0.1, 0.15) is 0 Å². The Morgan fingerprint density at radius 2 is 1.59 bits per heavy atom. The molecule has 1 amide bonds. The van der Waals surface area contributed by atoms with Crippen molar-refractivity contribution < 1.29 is 4.79 Å². The summed E-state index contributed by atoms with van der Waals surface area (Å²) in [6.45, 7) is 0.455. The van der Waals surface area contributed by atoms with Crippen molar-refractivity contribution in [3.8, 4) is 0 Å². The number of carbonyl (C=O) groups is 1. The Bertz CT molecular complexity index is 1100. The van der Waals surface area contributed by atoms with Gasteiger partial charge in [-0.05, 0) is 53.2 Å². The highest BCUT2D eigenvalue weighted by Gasteiger charge is 2.33. The van der Waals surface area contributed by atoms with Crippen LogP contribution in [-0.2, 0) is 11.3 Å². The first-order valence-corrected chi connectivity index (χ1v) is 10.5. The lowest BCUT2D eigenvalue weighted by atomic mass is 10.2. The molecule has 0 saturated carbocycles. The molecule has 1 heterocycles. The molecule has 0 unspecified atom stereocenters. The maximum atomic E-state index is 13.2. The fourth-order valence-corrected chi connectivity index (χ4v) is 4.17. The van der Waals surface area contributed by atoms with E-state index in [-0.39, 0.29) is 5.91 Å². The Kier molecular flexibility index (Phi) is 6.05. The second-order valence-corrected chi connectivity index (χ2v) is 8.21. The van der Waals surface area contributed by atoms with Crippen LogP contribution in [-0.4, -0.2) is 16.0 Å². The molecule has 0 radical (unpaired) electrons. The van der Waals surface area contributed by atoms with Crippen LogP contribution in [0.15, 0.2) is 88.8 Å². The standard InChI is InChI=1S/C23H16Cl2N2OS/c24-19-12-11-17(13-20(19)25)14-21-22(28)27(15-16-7-3-1-4-8-16)23(29-21)26-18-9-5-2-6-10-18/h1-14H,15H2/b21-14+,26-23?. The van der Waals surface area contributed by atoms with Crippen molar-refractivity contribution in [2.24, 2.45) is 4.99 Å². The van der Waals surface area contributed by atoms with Gasteiger partial charge in [-0.15, -0.1) is 0 Å². The zero-order valence-electron chi connectivity index (χ0n) is 15.3. The second kappa shape index (κ2) is 8.87. The molecular formula is C23H16Cl2N2OS. The Labute approximate surface area is 183 Å². The van der Waals surface area contributed by atoms with E-state index in [0.29, 0.717) is 26.7 Å². The van der Waals surface area contributed by atoms with E-state index in [0.717, 1.165) is 16.8 Å². The summed E-state index contributed by atoms with van der Waals surface area (Å²) in [6, 6.07) is 24.8. The van der Waals surface area contributed by atoms with Crippen LogP contribution < -0.4 is 0 Å². The highest BCUT2D eigenvalue weighted by molar-refractivity contribution is 8.18. The maximum absolute atomic E-state index is 13.2. The van der Waals surface area contributed by atoms with Crippen molar-refractivity contribution in [3.05, 3.63) is 105 Å². The van der Waals surface area contributed by atoms with E-state index < -0.39 is 0 Å². The number of hydrogen-bond acceptors (Lipinski definition) is 3. The van der Waals surface area contributed by atoms with Gasteiger partial charge in [0, 0.05) is 0 Å². The summed E-state index contributed by atoms with van der Waals surface area (Å²) in [7, 11) is 0. The lowest BCUT2D eigenvalue weighted by Crippen LogP contribution is -2.28. The number of para-hydroxylation sites is 1. The lowest BCUT2D eigenvalue weighted by Gasteiger charge is -2.15. The van der Waals surface area contributed by atoms with Crippen LogP contribution in [0.1, 0.15) is 11.1 Å². The zero-order valence-corrected chi connectivity index (χ0v) is 17.6. The fourth-order valence-electron chi connectivity index (χ4n) is 2.86. The van der Waals surface area contributed by atoms with Gasteiger partial charge >= 0.3 is 0 Å². The SMILES string of the molecule is O=C1/C(=C\c2ccc(Cl)c(Cl)c2)SC(=Nc2ccccc2)N1Cc1ccccc1. The minimum Gasteiger partial charge on any atom is -0.282 e. The minimum atomic E-state index is -0.0837. The Morgan fingerprint density at radius 1 is 0.897 bits per heavy atom. The van der Waals surface area contributed by atoms with Crippen LogP contribution in [0.4, 0.5) is 5.69 Å². The van der Waals surface area contributed by atoms with Crippen molar-refractivity contribution in [2.45, 2.75) is 6.54 Å². The molecule has 3 aromatic carbocycles. The van der Waals surface area contributed by atoms with E-state index >= 15 is 0 Å². The summed E-state index contributed by atoms with van der Waals surface area (Å²) in [5.41, 5.74) is 2.66. The van der Waals surface area contributed by atoms with Gasteiger partial charge in [-0.1, -0.05) is 77.8 Å². The van der Waals surface area contributed by atoms with E-state index in [9.17, 15) is 4.79 Å². The molecule has 1 aliphatic heterocycles. The molecule has 0 aromatic heterocycles. The molecule has 1 saturated heterocycles. The average Bonchev–Trinajstić information content (AvgIpc) is 3.01. The summed E-state index contributed by atoms with van der Waals surface area (Å²) in [5, 5.41) is 1.59. The molecule has 1 aliphatic rings. The number of halogens is 2. The van der Waals surface area contributed by atoms with Crippen molar-refractivity contribution in [2.75, 3.05) is 0 Å². The number of nitrogens with zero attached hydrogens (tertiary/aromatic N) is 2. The number of thioether (sulfide) groups is 1. The van der Waals surface area contributed by atoms with Crippen LogP contribution in [0.25, 0.3) is 6.08 Å². The summed E-state index contributed by atoms with van der Waals surface area (Å²) in [4.78, 5) is 20.2. The van der Waals surface area contributed by atoms with Crippen LogP contribution >= 0.6 is 35.0 Å². The third-order valence-electron chi connectivity index (χ3n) is 4.29. The van der Waals surface area contributed by atoms with E-state index in [1.54, 1.807) is 17.0 Å². The van der Waals surface area contributed by atoms with E-state index in [4.69, 9.17) is 28.2 Å². The van der Waals surface area contributed by atoms with Crippen LogP contribution in [0.3, 0.4) is 0 Å². The molecule has 1 fully saturated rings.